The topological polar surface area (TPSA) is 41.6 Å². The summed E-state index contributed by atoms with van der Waals surface area (Å²) in [6, 6.07) is 4.59. The van der Waals surface area contributed by atoms with Gasteiger partial charge in [-0.05, 0) is 44.2 Å². The molecule has 0 radical (unpaired) electrons. The first kappa shape index (κ1) is 14.2. The van der Waals surface area contributed by atoms with Gasteiger partial charge in [0.15, 0.2) is 11.6 Å². The van der Waals surface area contributed by atoms with Crippen molar-refractivity contribution in [3.8, 4) is 5.75 Å². The number of halogens is 1. The summed E-state index contributed by atoms with van der Waals surface area (Å²) in [7, 11) is 1.78. The predicted octanol–water partition coefficient (Wildman–Crippen LogP) is 2.79. The summed E-state index contributed by atoms with van der Waals surface area (Å²) in [6.45, 7) is 0.738. The molecule has 21 heavy (non-hydrogen) atoms. The van der Waals surface area contributed by atoms with Crippen LogP contribution in [0.25, 0.3) is 0 Å². The second-order valence-corrected chi connectivity index (χ2v) is 5.91. The monoisotopic (exact) mass is 292 g/mol. The van der Waals surface area contributed by atoms with Crippen molar-refractivity contribution in [3.05, 3.63) is 24.0 Å². The van der Waals surface area contributed by atoms with E-state index in [0.29, 0.717) is 11.4 Å². The number of hydrogen-bond donors (Lipinski definition) is 1. The zero-order valence-electron chi connectivity index (χ0n) is 12.3. The average molecular weight is 292 g/mol. The number of anilines is 1. The molecule has 1 saturated heterocycles. The first-order valence-electron chi connectivity index (χ1n) is 7.61. The van der Waals surface area contributed by atoms with E-state index >= 15 is 0 Å². The summed E-state index contributed by atoms with van der Waals surface area (Å²) in [5.41, 5.74) is 0.625. The summed E-state index contributed by atoms with van der Waals surface area (Å²) in [6.07, 6.45) is 5.21. The van der Waals surface area contributed by atoms with Crippen molar-refractivity contribution >= 4 is 11.6 Å². The first-order valence-corrected chi connectivity index (χ1v) is 7.61. The maximum atomic E-state index is 14.1. The molecule has 0 spiro atoms. The number of hydrogen-bond acceptors (Lipinski definition) is 3. The lowest BCUT2D eigenvalue weighted by Gasteiger charge is -2.16. The van der Waals surface area contributed by atoms with Crippen molar-refractivity contribution in [1.29, 1.82) is 0 Å². The molecule has 1 atom stereocenters. The fraction of sp³-hybridized carbons (Fsp3) is 0.562. The van der Waals surface area contributed by atoms with Gasteiger partial charge in [-0.2, -0.15) is 0 Å². The van der Waals surface area contributed by atoms with Crippen LogP contribution >= 0.6 is 0 Å². The summed E-state index contributed by atoms with van der Waals surface area (Å²) >= 11 is 0. The Kier molecular flexibility index (Phi) is 3.99. The number of rotatable bonds is 4. The normalized spacial score (nSPS) is 22.9. The molecule has 1 amide bonds. The van der Waals surface area contributed by atoms with Gasteiger partial charge in [-0.25, -0.2) is 4.39 Å². The zero-order valence-corrected chi connectivity index (χ0v) is 12.3. The first-order chi connectivity index (χ1) is 10.1. The van der Waals surface area contributed by atoms with Crippen LogP contribution in [0.15, 0.2) is 18.2 Å². The van der Waals surface area contributed by atoms with Crippen LogP contribution in [0.4, 0.5) is 10.1 Å². The number of ether oxygens (including phenoxy) is 1. The van der Waals surface area contributed by atoms with Gasteiger partial charge in [-0.15, -0.1) is 0 Å². The van der Waals surface area contributed by atoms with Gasteiger partial charge in [-0.3, -0.25) is 4.79 Å². The number of nitrogens with zero attached hydrogens (tertiary/aromatic N) is 1. The molecule has 2 aliphatic rings. The fourth-order valence-corrected chi connectivity index (χ4v) is 3.03. The maximum absolute atomic E-state index is 14.1. The van der Waals surface area contributed by atoms with Gasteiger partial charge in [0.05, 0.1) is 6.10 Å². The Hall–Kier alpha value is -1.78. The number of carbonyl (C=O) groups is 1. The highest BCUT2D eigenvalue weighted by atomic mass is 19.1. The molecule has 4 nitrogen and oxygen atoms in total. The molecular weight excluding hydrogens is 271 g/mol. The zero-order chi connectivity index (χ0) is 14.8. The SMILES string of the molecule is CN1CC[C@@H](Nc2ccc(OC3CCCC3)c(F)c2)C1=O. The molecule has 1 aromatic carbocycles. The summed E-state index contributed by atoms with van der Waals surface area (Å²) in [5.74, 6) is -0.00490. The molecule has 1 aliphatic heterocycles. The molecular formula is C16H21FN2O2. The summed E-state index contributed by atoms with van der Waals surface area (Å²) in [5, 5.41) is 3.10. The van der Waals surface area contributed by atoms with Gasteiger partial charge < -0.3 is 15.0 Å². The summed E-state index contributed by atoms with van der Waals surface area (Å²) in [4.78, 5) is 13.5. The van der Waals surface area contributed by atoms with Gasteiger partial charge in [0.2, 0.25) is 5.91 Å². The van der Waals surface area contributed by atoms with E-state index < -0.39 is 0 Å². The van der Waals surface area contributed by atoms with E-state index in [9.17, 15) is 9.18 Å². The van der Waals surface area contributed by atoms with Crippen LogP contribution in [0.2, 0.25) is 0 Å². The van der Waals surface area contributed by atoms with Crippen molar-refractivity contribution in [3.63, 3.8) is 0 Å². The Morgan fingerprint density at radius 2 is 2.05 bits per heavy atom. The quantitative estimate of drug-likeness (QED) is 0.928. The van der Waals surface area contributed by atoms with E-state index in [1.807, 2.05) is 0 Å². The molecule has 0 unspecified atom stereocenters. The number of likely N-dealkylation sites (N-methyl/N-ethyl adjacent to an activating group) is 1. The van der Waals surface area contributed by atoms with Crippen LogP contribution in [-0.2, 0) is 4.79 Å². The van der Waals surface area contributed by atoms with Gasteiger partial charge in [0, 0.05) is 25.3 Å². The minimum Gasteiger partial charge on any atom is -0.487 e. The smallest absolute Gasteiger partial charge is 0.244 e. The highest BCUT2D eigenvalue weighted by Gasteiger charge is 2.29. The average Bonchev–Trinajstić information content (AvgIpc) is 3.07. The second-order valence-electron chi connectivity index (χ2n) is 5.91. The van der Waals surface area contributed by atoms with Crippen molar-refractivity contribution in [1.82, 2.24) is 4.90 Å². The van der Waals surface area contributed by atoms with Crippen LogP contribution < -0.4 is 10.1 Å². The Labute approximate surface area is 124 Å². The molecule has 1 saturated carbocycles. The molecule has 0 aromatic heterocycles. The summed E-state index contributed by atoms with van der Waals surface area (Å²) < 4.78 is 19.8. The molecule has 2 fully saturated rings. The highest BCUT2D eigenvalue weighted by molar-refractivity contribution is 5.86. The molecule has 114 valence electrons. The van der Waals surface area contributed by atoms with Crippen LogP contribution in [0.3, 0.4) is 0 Å². The lowest BCUT2D eigenvalue weighted by atomic mass is 10.2. The standard InChI is InChI=1S/C16H21FN2O2/c1-19-9-8-14(16(19)20)18-11-6-7-15(13(17)10-11)21-12-4-2-3-5-12/h6-7,10,12,14,18H,2-5,8-9H2,1H3/t14-/m1/s1. The highest BCUT2D eigenvalue weighted by Crippen LogP contribution is 2.28. The van der Waals surface area contributed by atoms with Crippen molar-refractivity contribution in [2.75, 3.05) is 18.9 Å². The third kappa shape index (κ3) is 3.12. The van der Waals surface area contributed by atoms with Gasteiger partial charge in [0.25, 0.3) is 0 Å². The Bertz CT molecular complexity index is 529. The lowest BCUT2D eigenvalue weighted by Crippen LogP contribution is -2.30. The molecule has 0 bridgehead atoms. The molecule has 1 aliphatic carbocycles. The number of amides is 1. The lowest BCUT2D eigenvalue weighted by molar-refractivity contribution is -0.127. The molecule has 1 heterocycles. The third-order valence-corrected chi connectivity index (χ3v) is 4.30. The molecule has 1 aromatic rings. The van der Waals surface area contributed by atoms with Crippen LogP contribution in [0.5, 0.6) is 5.75 Å². The Balaban J connectivity index is 1.65. The Morgan fingerprint density at radius 1 is 1.29 bits per heavy atom. The van der Waals surface area contributed by atoms with Gasteiger partial charge in [0.1, 0.15) is 6.04 Å². The van der Waals surface area contributed by atoms with E-state index in [-0.39, 0.29) is 23.9 Å². The second kappa shape index (κ2) is 5.92. The largest absolute Gasteiger partial charge is 0.487 e. The van der Waals surface area contributed by atoms with Gasteiger partial charge in [-0.1, -0.05) is 0 Å². The van der Waals surface area contributed by atoms with Crippen molar-refractivity contribution in [2.24, 2.45) is 0 Å². The number of likely N-dealkylation sites (tertiary alicyclic amines) is 1. The minimum absolute atomic E-state index is 0.0571. The molecule has 5 heteroatoms. The van der Waals surface area contributed by atoms with E-state index in [1.165, 1.54) is 6.07 Å². The third-order valence-electron chi connectivity index (χ3n) is 4.30. The Morgan fingerprint density at radius 3 is 2.67 bits per heavy atom. The van der Waals surface area contributed by atoms with Crippen LogP contribution in [0, 0.1) is 5.82 Å². The maximum Gasteiger partial charge on any atom is 0.244 e. The molecule has 1 N–H and O–H groups in total. The van der Waals surface area contributed by atoms with Crippen LogP contribution in [0.1, 0.15) is 32.1 Å². The van der Waals surface area contributed by atoms with Crippen molar-refractivity contribution < 1.29 is 13.9 Å². The van der Waals surface area contributed by atoms with Crippen LogP contribution in [-0.4, -0.2) is 36.5 Å². The predicted molar refractivity (Wildman–Crippen MR) is 78.9 cm³/mol. The fourth-order valence-electron chi connectivity index (χ4n) is 3.03. The van der Waals surface area contributed by atoms with Crippen molar-refractivity contribution in [2.45, 2.75) is 44.2 Å². The van der Waals surface area contributed by atoms with E-state index in [0.717, 1.165) is 38.6 Å². The van der Waals surface area contributed by atoms with E-state index in [1.54, 1.807) is 24.1 Å². The molecule has 3 rings (SSSR count). The van der Waals surface area contributed by atoms with E-state index in [2.05, 4.69) is 5.32 Å². The minimum atomic E-state index is -0.370. The van der Waals surface area contributed by atoms with Gasteiger partial charge >= 0.3 is 0 Å². The number of benzene rings is 1. The number of carbonyl (C=O) groups excluding carboxylic acids is 1. The van der Waals surface area contributed by atoms with E-state index in [4.69, 9.17) is 4.74 Å². The number of nitrogens with one attached hydrogen (secondary N) is 1.